The Hall–Kier alpha value is -3.15. The molecule has 1 N–H and O–H groups in total. The third kappa shape index (κ3) is 3.74. The van der Waals surface area contributed by atoms with Gasteiger partial charge in [0.1, 0.15) is 0 Å². The van der Waals surface area contributed by atoms with E-state index in [0.29, 0.717) is 23.6 Å². The van der Waals surface area contributed by atoms with Gasteiger partial charge in [-0.05, 0) is 25.1 Å². The predicted octanol–water partition coefficient (Wildman–Crippen LogP) is 2.42. The van der Waals surface area contributed by atoms with Crippen LogP contribution in [-0.4, -0.2) is 25.9 Å². The van der Waals surface area contributed by atoms with Gasteiger partial charge in [0.15, 0.2) is 5.78 Å². The third-order valence-corrected chi connectivity index (χ3v) is 3.25. The molecule has 0 spiro atoms. The second kappa shape index (κ2) is 6.74. The van der Waals surface area contributed by atoms with Gasteiger partial charge in [-0.2, -0.15) is 10.2 Å². The topological polar surface area (TPSA) is 80.7 Å². The molecule has 0 fully saturated rings. The number of hydrogen-bond acceptors (Lipinski definition) is 6. The molecule has 3 aromatic rings. The molecule has 0 aliphatic rings. The van der Waals surface area contributed by atoms with Gasteiger partial charge < -0.3 is 5.32 Å². The van der Waals surface area contributed by atoms with Crippen LogP contribution in [0.15, 0.2) is 55.0 Å². The second-order valence-electron chi connectivity index (χ2n) is 5.06. The van der Waals surface area contributed by atoms with Crippen molar-refractivity contribution < 1.29 is 4.79 Å². The van der Waals surface area contributed by atoms with Crippen molar-refractivity contribution in [3.8, 4) is 0 Å². The van der Waals surface area contributed by atoms with Gasteiger partial charge in [0.05, 0.1) is 17.8 Å². The maximum atomic E-state index is 12.4. The van der Waals surface area contributed by atoms with Crippen molar-refractivity contribution in [3.05, 3.63) is 77.4 Å². The number of carbonyl (C=O) groups is 1. The number of aromatic nitrogens is 4. The quantitative estimate of drug-likeness (QED) is 0.729. The van der Waals surface area contributed by atoms with Gasteiger partial charge in [-0.1, -0.05) is 23.8 Å². The summed E-state index contributed by atoms with van der Waals surface area (Å²) < 4.78 is 0. The number of ketones is 1. The highest BCUT2D eigenvalue weighted by Crippen LogP contribution is 2.11. The van der Waals surface area contributed by atoms with Crippen LogP contribution in [0.4, 0.5) is 5.95 Å². The van der Waals surface area contributed by atoms with Gasteiger partial charge in [-0.3, -0.25) is 4.79 Å². The van der Waals surface area contributed by atoms with E-state index in [2.05, 4.69) is 25.5 Å². The number of anilines is 1. The van der Waals surface area contributed by atoms with E-state index in [-0.39, 0.29) is 5.78 Å². The van der Waals surface area contributed by atoms with Crippen molar-refractivity contribution in [2.45, 2.75) is 13.5 Å². The zero-order valence-corrected chi connectivity index (χ0v) is 12.6. The van der Waals surface area contributed by atoms with E-state index in [1.54, 1.807) is 12.3 Å². The minimum Gasteiger partial charge on any atom is -0.348 e. The van der Waals surface area contributed by atoms with Crippen LogP contribution in [0.3, 0.4) is 0 Å². The van der Waals surface area contributed by atoms with Crippen molar-refractivity contribution in [1.29, 1.82) is 0 Å². The van der Waals surface area contributed by atoms with Crippen LogP contribution in [0.1, 0.15) is 27.2 Å². The Morgan fingerprint density at radius 3 is 2.61 bits per heavy atom. The van der Waals surface area contributed by atoms with E-state index in [4.69, 9.17) is 0 Å². The minimum atomic E-state index is -0.0887. The third-order valence-electron chi connectivity index (χ3n) is 3.25. The van der Waals surface area contributed by atoms with Gasteiger partial charge in [0, 0.05) is 24.2 Å². The zero-order chi connectivity index (χ0) is 16.1. The number of nitrogens with one attached hydrogen (secondary N) is 1. The standard InChI is InChI=1S/C17H15N5O/c1-12-4-2-5-13(8-12)16(23)14-9-18-17(19-10-14)20-11-15-6-3-7-21-22-15/h2-10H,11H2,1H3,(H,18,19,20). The molecule has 0 saturated heterocycles. The monoisotopic (exact) mass is 305 g/mol. The molecule has 0 bridgehead atoms. The van der Waals surface area contributed by atoms with Crippen LogP contribution in [0, 0.1) is 6.92 Å². The van der Waals surface area contributed by atoms with Crippen molar-refractivity contribution in [2.24, 2.45) is 0 Å². The molecule has 3 rings (SSSR count). The van der Waals surface area contributed by atoms with Gasteiger partial charge in [-0.25, -0.2) is 9.97 Å². The smallest absolute Gasteiger partial charge is 0.222 e. The molecule has 0 amide bonds. The molecule has 23 heavy (non-hydrogen) atoms. The summed E-state index contributed by atoms with van der Waals surface area (Å²) in [7, 11) is 0. The summed E-state index contributed by atoms with van der Waals surface area (Å²) in [6, 6.07) is 11.1. The van der Waals surface area contributed by atoms with Crippen LogP contribution in [0.2, 0.25) is 0 Å². The van der Waals surface area contributed by atoms with Crippen LogP contribution < -0.4 is 5.32 Å². The molecule has 6 heteroatoms. The summed E-state index contributed by atoms with van der Waals surface area (Å²) in [5.41, 5.74) is 2.92. The number of aryl methyl sites for hydroxylation is 1. The lowest BCUT2D eigenvalue weighted by Gasteiger charge is -2.05. The highest BCUT2D eigenvalue weighted by molar-refractivity contribution is 6.08. The van der Waals surface area contributed by atoms with Gasteiger partial charge in [0.25, 0.3) is 0 Å². The van der Waals surface area contributed by atoms with Crippen LogP contribution in [0.25, 0.3) is 0 Å². The summed E-state index contributed by atoms with van der Waals surface area (Å²) in [4.78, 5) is 20.7. The maximum Gasteiger partial charge on any atom is 0.222 e. The molecule has 0 aliphatic heterocycles. The van der Waals surface area contributed by atoms with E-state index >= 15 is 0 Å². The molecule has 0 aliphatic carbocycles. The van der Waals surface area contributed by atoms with E-state index < -0.39 is 0 Å². The summed E-state index contributed by atoms with van der Waals surface area (Å²) in [5.74, 6) is 0.352. The molecular weight excluding hydrogens is 290 g/mol. The number of rotatable bonds is 5. The Balaban J connectivity index is 1.68. The van der Waals surface area contributed by atoms with E-state index in [9.17, 15) is 4.79 Å². The Morgan fingerprint density at radius 1 is 1.09 bits per heavy atom. The average Bonchev–Trinajstić information content (AvgIpc) is 2.61. The molecule has 6 nitrogen and oxygen atoms in total. The van der Waals surface area contributed by atoms with Crippen molar-refractivity contribution in [3.63, 3.8) is 0 Å². The SMILES string of the molecule is Cc1cccc(C(=O)c2cnc(NCc3cccnn3)nc2)c1. The van der Waals surface area contributed by atoms with Crippen LogP contribution >= 0.6 is 0 Å². The zero-order valence-electron chi connectivity index (χ0n) is 12.6. The number of carbonyl (C=O) groups excluding carboxylic acids is 1. The van der Waals surface area contributed by atoms with Crippen LogP contribution in [-0.2, 0) is 6.54 Å². The molecule has 0 atom stereocenters. The number of nitrogens with zero attached hydrogens (tertiary/aromatic N) is 4. The fraction of sp³-hybridized carbons (Fsp3) is 0.118. The van der Waals surface area contributed by atoms with Gasteiger partial charge in [-0.15, -0.1) is 0 Å². The lowest BCUT2D eigenvalue weighted by molar-refractivity contribution is 0.103. The second-order valence-corrected chi connectivity index (χ2v) is 5.06. The Kier molecular flexibility index (Phi) is 4.33. The minimum absolute atomic E-state index is 0.0887. The molecule has 2 aromatic heterocycles. The number of benzene rings is 1. The Bertz CT molecular complexity index is 803. The average molecular weight is 305 g/mol. The van der Waals surface area contributed by atoms with E-state index in [1.165, 1.54) is 12.4 Å². The van der Waals surface area contributed by atoms with Crippen LogP contribution in [0.5, 0.6) is 0 Å². The largest absolute Gasteiger partial charge is 0.348 e. The summed E-state index contributed by atoms with van der Waals surface area (Å²) in [5, 5.41) is 10.8. The van der Waals surface area contributed by atoms with Gasteiger partial charge >= 0.3 is 0 Å². The number of hydrogen-bond donors (Lipinski definition) is 1. The molecule has 2 heterocycles. The fourth-order valence-corrected chi connectivity index (χ4v) is 2.09. The lowest BCUT2D eigenvalue weighted by atomic mass is 10.0. The summed E-state index contributed by atoms with van der Waals surface area (Å²) >= 11 is 0. The van der Waals surface area contributed by atoms with Gasteiger partial charge in [0.2, 0.25) is 5.95 Å². The molecule has 0 unspecified atom stereocenters. The molecular formula is C17H15N5O. The lowest BCUT2D eigenvalue weighted by Crippen LogP contribution is -2.08. The highest BCUT2D eigenvalue weighted by Gasteiger charge is 2.10. The predicted molar refractivity (Wildman–Crippen MR) is 86.0 cm³/mol. The van der Waals surface area contributed by atoms with Crippen molar-refractivity contribution in [2.75, 3.05) is 5.32 Å². The Morgan fingerprint density at radius 2 is 1.91 bits per heavy atom. The molecule has 0 radical (unpaired) electrons. The molecule has 0 saturated carbocycles. The first-order valence-corrected chi connectivity index (χ1v) is 7.16. The maximum absolute atomic E-state index is 12.4. The summed E-state index contributed by atoms with van der Waals surface area (Å²) in [6.45, 7) is 2.42. The fourth-order valence-electron chi connectivity index (χ4n) is 2.09. The normalized spacial score (nSPS) is 10.3. The Labute approximate surface area is 133 Å². The van der Waals surface area contributed by atoms with E-state index in [0.717, 1.165) is 11.3 Å². The molecule has 1 aromatic carbocycles. The first-order chi connectivity index (χ1) is 11.2. The highest BCUT2D eigenvalue weighted by atomic mass is 16.1. The molecule has 114 valence electrons. The van der Waals surface area contributed by atoms with Crippen molar-refractivity contribution >= 4 is 11.7 Å². The summed E-state index contributed by atoms with van der Waals surface area (Å²) in [6.07, 6.45) is 4.67. The van der Waals surface area contributed by atoms with E-state index in [1.807, 2.05) is 37.3 Å². The first-order valence-electron chi connectivity index (χ1n) is 7.16. The first kappa shape index (κ1) is 14.8. The van der Waals surface area contributed by atoms with Crippen molar-refractivity contribution in [1.82, 2.24) is 20.2 Å².